The van der Waals surface area contributed by atoms with Gasteiger partial charge in [-0.15, -0.1) is 0 Å². The van der Waals surface area contributed by atoms with Gasteiger partial charge in [-0.25, -0.2) is 4.57 Å². The van der Waals surface area contributed by atoms with Gasteiger partial charge in [-0.1, -0.05) is 181 Å². The number of esters is 2. The Hall–Kier alpha value is -3.33. The molecular formula is C56H95NO8P+. The second-order valence-electron chi connectivity index (χ2n) is 17.8. The molecule has 9 nitrogen and oxygen atoms in total. The van der Waals surface area contributed by atoms with E-state index in [2.05, 4.69) is 123 Å². The van der Waals surface area contributed by atoms with Crippen LogP contribution in [0.4, 0.5) is 0 Å². The molecule has 66 heavy (non-hydrogen) atoms. The SMILES string of the molecule is CC/C=C\C/C=C\C/C=C\C/C=C\C/C=C\CCCCCCCCCCCCCC(=O)OC(COC(=O)CCCC/C=C\C/C=C\C/C=C\C/C=C\CC)COP(=O)(O)OCC[N+](C)(C)C. The van der Waals surface area contributed by atoms with E-state index in [4.69, 9.17) is 18.5 Å². The van der Waals surface area contributed by atoms with Gasteiger partial charge in [0.15, 0.2) is 6.10 Å². The normalized spacial score (nSPS) is 14.3. The molecule has 0 rings (SSSR count). The predicted molar refractivity (Wildman–Crippen MR) is 279 cm³/mol. The Kier molecular flexibility index (Phi) is 44.4. The molecule has 0 aliphatic heterocycles. The summed E-state index contributed by atoms with van der Waals surface area (Å²) in [6, 6.07) is 0. The maximum atomic E-state index is 12.8. The van der Waals surface area contributed by atoms with Crippen LogP contribution < -0.4 is 0 Å². The lowest BCUT2D eigenvalue weighted by molar-refractivity contribution is -0.870. The van der Waals surface area contributed by atoms with Crippen molar-refractivity contribution >= 4 is 19.8 Å². The molecule has 0 spiro atoms. The average molecular weight is 941 g/mol. The summed E-state index contributed by atoms with van der Waals surface area (Å²) < 4.78 is 34.4. The highest BCUT2D eigenvalue weighted by molar-refractivity contribution is 7.47. The molecule has 376 valence electrons. The molecule has 0 radical (unpaired) electrons. The van der Waals surface area contributed by atoms with Crippen molar-refractivity contribution in [3.63, 3.8) is 0 Å². The van der Waals surface area contributed by atoms with Crippen molar-refractivity contribution in [1.29, 1.82) is 0 Å². The molecule has 0 amide bonds. The van der Waals surface area contributed by atoms with Crippen LogP contribution in [0.3, 0.4) is 0 Å². The van der Waals surface area contributed by atoms with Gasteiger partial charge in [-0.05, 0) is 96.3 Å². The summed E-state index contributed by atoms with van der Waals surface area (Å²) in [4.78, 5) is 35.5. The molecule has 0 aromatic heterocycles. The molecule has 0 heterocycles. The molecule has 0 aliphatic carbocycles. The first-order chi connectivity index (χ1) is 32.0. The van der Waals surface area contributed by atoms with E-state index in [1.165, 1.54) is 44.9 Å². The van der Waals surface area contributed by atoms with Crippen molar-refractivity contribution in [3.05, 3.63) is 109 Å². The summed E-state index contributed by atoms with van der Waals surface area (Å²) in [5, 5.41) is 0. The van der Waals surface area contributed by atoms with Crippen LogP contribution in [0.25, 0.3) is 0 Å². The summed E-state index contributed by atoms with van der Waals surface area (Å²) in [6.45, 7) is 4.13. The van der Waals surface area contributed by atoms with Gasteiger partial charge in [0.1, 0.15) is 19.8 Å². The van der Waals surface area contributed by atoms with E-state index in [1.807, 2.05) is 21.1 Å². The zero-order chi connectivity index (χ0) is 48.5. The van der Waals surface area contributed by atoms with Crippen molar-refractivity contribution in [3.8, 4) is 0 Å². The molecule has 0 aliphatic rings. The third-order valence-corrected chi connectivity index (χ3v) is 11.3. The Morgan fingerprint density at radius 2 is 0.818 bits per heavy atom. The first-order valence-electron chi connectivity index (χ1n) is 25.6. The van der Waals surface area contributed by atoms with Crippen LogP contribution in [0.2, 0.25) is 0 Å². The van der Waals surface area contributed by atoms with Crippen LogP contribution in [0.15, 0.2) is 109 Å². The van der Waals surface area contributed by atoms with E-state index < -0.39 is 32.5 Å². The third-order valence-electron chi connectivity index (χ3n) is 10.3. The highest BCUT2D eigenvalue weighted by Gasteiger charge is 2.27. The zero-order valence-corrected chi connectivity index (χ0v) is 43.3. The average Bonchev–Trinajstić information content (AvgIpc) is 3.27. The Labute approximate surface area is 404 Å². The van der Waals surface area contributed by atoms with Gasteiger partial charge in [0, 0.05) is 12.8 Å². The summed E-state index contributed by atoms with van der Waals surface area (Å²) in [7, 11) is 1.43. The van der Waals surface area contributed by atoms with Gasteiger partial charge in [0.05, 0.1) is 27.7 Å². The van der Waals surface area contributed by atoms with E-state index in [0.29, 0.717) is 23.9 Å². The van der Waals surface area contributed by atoms with Crippen molar-refractivity contribution in [2.24, 2.45) is 0 Å². The maximum absolute atomic E-state index is 12.8. The van der Waals surface area contributed by atoms with E-state index in [1.54, 1.807) is 0 Å². The molecule has 0 aromatic rings. The first kappa shape index (κ1) is 62.7. The Bertz CT molecular complexity index is 1480. The van der Waals surface area contributed by atoms with Gasteiger partial charge in [-0.2, -0.15) is 0 Å². The Morgan fingerprint density at radius 1 is 0.470 bits per heavy atom. The number of ether oxygens (including phenoxy) is 2. The van der Waals surface area contributed by atoms with Gasteiger partial charge < -0.3 is 18.9 Å². The van der Waals surface area contributed by atoms with Crippen LogP contribution in [0, 0.1) is 0 Å². The van der Waals surface area contributed by atoms with Crippen LogP contribution in [-0.2, 0) is 32.7 Å². The summed E-state index contributed by atoms with van der Waals surface area (Å²) >= 11 is 0. The zero-order valence-electron chi connectivity index (χ0n) is 42.4. The minimum absolute atomic E-state index is 0.0185. The second kappa shape index (κ2) is 46.8. The molecule has 1 N–H and O–H groups in total. The van der Waals surface area contributed by atoms with E-state index in [0.717, 1.165) is 96.3 Å². The number of quaternary nitrogens is 1. The lowest BCUT2D eigenvalue weighted by Crippen LogP contribution is -2.37. The number of phosphoric ester groups is 1. The Balaban J connectivity index is 4.27. The number of hydrogen-bond acceptors (Lipinski definition) is 7. The van der Waals surface area contributed by atoms with Gasteiger partial charge in [0.25, 0.3) is 0 Å². The fourth-order valence-corrected chi connectivity index (χ4v) is 7.13. The molecule has 0 aromatic carbocycles. The Morgan fingerprint density at radius 3 is 1.24 bits per heavy atom. The number of nitrogens with zero attached hydrogens (tertiary/aromatic N) is 1. The maximum Gasteiger partial charge on any atom is 0.472 e. The molecule has 0 saturated heterocycles. The lowest BCUT2D eigenvalue weighted by atomic mass is 10.0. The summed E-state index contributed by atoms with van der Waals surface area (Å²) in [5.74, 6) is -0.859. The molecule has 0 saturated carbocycles. The predicted octanol–water partition coefficient (Wildman–Crippen LogP) is 15.5. The van der Waals surface area contributed by atoms with Crippen LogP contribution >= 0.6 is 7.82 Å². The fraction of sp³-hybridized carbons (Fsp3) is 0.643. The lowest BCUT2D eigenvalue weighted by Gasteiger charge is -2.24. The van der Waals surface area contributed by atoms with Gasteiger partial charge in [0.2, 0.25) is 0 Å². The van der Waals surface area contributed by atoms with Crippen molar-refractivity contribution < 1.29 is 42.1 Å². The largest absolute Gasteiger partial charge is 0.472 e. The highest BCUT2D eigenvalue weighted by atomic mass is 31.2. The number of rotatable bonds is 45. The monoisotopic (exact) mass is 941 g/mol. The topological polar surface area (TPSA) is 108 Å². The minimum atomic E-state index is -4.40. The van der Waals surface area contributed by atoms with Gasteiger partial charge >= 0.3 is 19.8 Å². The van der Waals surface area contributed by atoms with Crippen molar-refractivity contribution in [2.45, 2.75) is 187 Å². The molecule has 0 bridgehead atoms. The smallest absolute Gasteiger partial charge is 0.462 e. The summed E-state index contributed by atoms with van der Waals surface area (Å²) in [6.07, 6.45) is 64.4. The highest BCUT2D eigenvalue weighted by Crippen LogP contribution is 2.43. The number of likely N-dealkylation sites (N-methyl/N-ethyl adjacent to an activating group) is 1. The van der Waals surface area contributed by atoms with E-state index >= 15 is 0 Å². The number of hydrogen-bond donors (Lipinski definition) is 1. The molecular weight excluding hydrogens is 846 g/mol. The standard InChI is InChI=1S/C56H94NO8P/c1-6-8-10-12-14-16-18-20-22-23-24-25-26-27-28-29-30-31-32-33-35-37-39-41-43-45-47-49-56(59)65-54(53-64-66(60,61)63-51-50-57(3,4)5)52-62-55(58)48-46-44-42-40-38-36-34-21-19-17-15-13-11-9-7-2/h8-11,14-17,20-22,24-25,27-28,34,38,40,54H,6-7,12-13,18-19,23,26,29-33,35-37,39,41-53H2,1-5H3/p+1/b10-8-,11-9-,16-14-,17-15-,22-20-,25-24-,28-27-,34-21-,40-38-. The van der Waals surface area contributed by atoms with Crippen LogP contribution in [0.5, 0.6) is 0 Å². The minimum Gasteiger partial charge on any atom is -0.462 e. The third kappa shape index (κ3) is 50.1. The van der Waals surface area contributed by atoms with Crippen molar-refractivity contribution in [1.82, 2.24) is 0 Å². The van der Waals surface area contributed by atoms with Gasteiger partial charge in [-0.3, -0.25) is 18.6 Å². The molecule has 10 heteroatoms. The quantitative estimate of drug-likeness (QED) is 0.0211. The van der Waals surface area contributed by atoms with E-state index in [-0.39, 0.29) is 26.1 Å². The first-order valence-corrected chi connectivity index (χ1v) is 27.1. The molecule has 2 atom stereocenters. The number of allylic oxidation sites excluding steroid dienone is 18. The van der Waals surface area contributed by atoms with Crippen LogP contribution in [-0.4, -0.2) is 74.9 Å². The van der Waals surface area contributed by atoms with Crippen LogP contribution in [0.1, 0.15) is 181 Å². The number of carbonyl (C=O) groups excluding carboxylic acids is 2. The summed E-state index contributed by atoms with van der Waals surface area (Å²) in [5.41, 5.74) is 0. The number of phosphoric acid groups is 1. The van der Waals surface area contributed by atoms with Crippen molar-refractivity contribution in [2.75, 3.05) is 47.5 Å². The van der Waals surface area contributed by atoms with E-state index in [9.17, 15) is 19.0 Å². The molecule has 2 unspecified atom stereocenters. The molecule has 0 fully saturated rings. The second-order valence-corrected chi connectivity index (χ2v) is 19.2. The number of carbonyl (C=O) groups is 2. The fourth-order valence-electron chi connectivity index (χ4n) is 6.38. The number of unbranched alkanes of at least 4 members (excludes halogenated alkanes) is 13.